The van der Waals surface area contributed by atoms with Crippen molar-refractivity contribution < 1.29 is 9.90 Å². The van der Waals surface area contributed by atoms with Crippen molar-refractivity contribution in [3.8, 4) is 0 Å². The largest absolute Gasteiger partial charge is 0.481 e. The highest BCUT2D eigenvalue weighted by Gasteiger charge is 1.98. The number of aryl methyl sites for hydroxylation is 1. The molecule has 0 spiro atoms. The first kappa shape index (κ1) is 10.7. The predicted molar refractivity (Wildman–Crippen MR) is 52.0 cm³/mol. The molecule has 0 aliphatic carbocycles. The van der Waals surface area contributed by atoms with Crippen LogP contribution in [-0.4, -0.2) is 33.9 Å². The first-order chi connectivity index (χ1) is 6.70. The molecule has 0 amide bonds. The summed E-state index contributed by atoms with van der Waals surface area (Å²) >= 11 is 0. The van der Waals surface area contributed by atoms with Crippen LogP contribution in [0.5, 0.6) is 0 Å². The van der Waals surface area contributed by atoms with Gasteiger partial charge in [-0.15, -0.1) is 0 Å². The van der Waals surface area contributed by atoms with E-state index < -0.39 is 5.97 Å². The van der Waals surface area contributed by atoms with E-state index in [1.165, 1.54) is 0 Å². The minimum Gasteiger partial charge on any atom is -0.481 e. The number of nitrogens with one attached hydrogen (secondary N) is 1. The summed E-state index contributed by atoms with van der Waals surface area (Å²) in [4.78, 5) is 10.2. The lowest BCUT2D eigenvalue weighted by molar-refractivity contribution is -0.136. The number of carboxylic acid groups (broad SMARTS) is 1. The van der Waals surface area contributed by atoms with Crippen LogP contribution in [0.1, 0.15) is 12.1 Å². The molecule has 1 rings (SSSR count). The number of aliphatic carboxylic acids is 1. The molecule has 0 aliphatic heterocycles. The van der Waals surface area contributed by atoms with Crippen LogP contribution < -0.4 is 5.32 Å². The second kappa shape index (κ2) is 5.39. The summed E-state index contributed by atoms with van der Waals surface area (Å²) < 4.78 is 1.82. The van der Waals surface area contributed by atoms with Gasteiger partial charge in [0.05, 0.1) is 6.42 Å². The van der Waals surface area contributed by atoms with Gasteiger partial charge in [-0.2, -0.15) is 5.10 Å². The smallest absolute Gasteiger partial charge is 0.304 e. The number of carbonyl (C=O) groups is 1. The van der Waals surface area contributed by atoms with Gasteiger partial charge in [-0.05, 0) is 6.07 Å². The third-order valence-electron chi connectivity index (χ3n) is 2.00. The van der Waals surface area contributed by atoms with Crippen molar-refractivity contribution in [3.63, 3.8) is 0 Å². The quantitative estimate of drug-likeness (QED) is 0.631. The molecule has 1 aromatic rings. The van der Waals surface area contributed by atoms with Crippen molar-refractivity contribution in [1.29, 1.82) is 0 Å². The van der Waals surface area contributed by atoms with Crippen LogP contribution in [0.3, 0.4) is 0 Å². The molecule has 0 aromatic carbocycles. The Morgan fingerprint density at radius 1 is 1.64 bits per heavy atom. The van der Waals surface area contributed by atoms with Gasteiger partial charge in [0.15, 0.2) is 0 Å². The topological polar surface area (TPSA) is 67.2 Å². The SMILES string of the molecule is Cn1nccc1CCNCCC(=O)O. The Labute approximate surface area is 82.7 Å². The van der Waals surface area contributed by atoms with Crippen molar-refractivity contribution in [1.82, 2.24) is 15.1 Å². The molecule has 1 aromatic heterocycles. The molecule has 2 N–H and O–H groups in total. The molecule has 0 saturated heterocycles. The molecule has 0 saturated carbocycles. The van der Waals surface area contributed by atoms with Gasteiger partial charge < -0.3 is 10.4 Å². The van der Waals surface area contributed by atoms with E-state index in [0.717, 1.165) is 18.7 Å². The Morgan fingerprint density at radius 3 is 3.00 bits per heavy atom. The molecule has 14 heavy (non-hydrogen) atoms. The van der Waals surface area contributed by atoms with E-state index in [0.29, 0.717) is 6.54 Å². The zero-order chi connectivity index (χ0) is 10.4. The van der Waals surface area contributed by atoms with Gasteiger partial charge in [0.2, 0.25) is 0 Å². The molecule has 0 atom stereocenters. The lowest BCUT2D eigenvalue weighted by Gasteiger charge is -2.03. The monoisotopic (exact) mass is 197 g/mol. The summed E-state index contributed by atoms with van der Waals surface area (Å²) in [5.41, 5.74) is 1.15. The van der Waals surface area contributed by atoms with E-state index in [-0.39, 0.29) is 6.42 Å². The molecule has 0 unspecified atom stereocenters. The molecule has 0 aliphatic rings. The average molecular weight is 197 g/mol. The summed E-state index contributed by atoms with van der Waals surface area (Å²) in [5, 5.41) is 15.5. The van der Waals surface area contributed by atoms with E-state index in [2.05, 4.69) is 10.4 Å². The van der Waals surface area contributed by atoms with Gasteiger partial charge in [-0.25, -0.2) is 0 Å². The van der Waals surface area contributed by atoms with Crippen LogP contribution in [0.25, 0.3) is 0 Å². The second-order valence-electron chi connectivity index (χ2n) is 3.09. The fourth-order valence-electron chi connectivity index (χ4n) is 1.18. The van der Waals surface area contributed by atoms with E-state index in [1.807, 2.05) is 17.8 Å². The minimum absolute atomic E-state index is 0.172. The maximum atomic E-state index is 10.2. The van der Waals surface area contributed by atoms with E-state index in [9.17, 15) is 4.79 Å². The Hall–Kier alpha value is -1.36. The summed E-state index contributed by atoms with van der Waals surface area (Å²) in [6.45, 7) is 1.31. The Bertz CT molecular complexity index is 296. The number of aromatic nitrogens is 2. The highest BCUT2D eigenvalue weighted by Crippen LogP contribution is 1.95. The molecule has 0 bridgehead atoms. The molecular weight excluding hydrogens is 182 g/mol. The molecule has 5 nitrogen and oxygen atoms in total. The third-order valence-corrected chi connectivity index (χ3v) is 2.00. The van der Waals surface area contributed by atoms with Gasteiger partial charge in [-0.3, -0.25) is 9.48 Å². The highest BCUT2D eigenvalue weighted by molar-refractivity contribution is 5.66. The van der Waals surface area contributed by atoms with Gasteiger partial charge in [-0.1, -0.05) is 0 Å². The van der Waals surface area contributed by atoms with Crippen molar-refractivity contribution in [2.24, 2.45) is 7.05 Å². The fraction of sp³-hybridized carbons (Fsp3) is 0.556. The normalized spacial score (nSPS) is 10.4. The standard InChI is InChI=1S/C9H15N3O2/c1-12-8(3-7-11-12)2-5-10-6-4-9(13)14/h3,7,10H,2,4-6H2,1H3,(H,13,14). The van der Waals surface area contributed by atoms with Crippen LogP contribution >= 0.6 is 0 Å². The minimum atomic E-state index is -0.766. The molecular formula is C9H15N3O2. The van der Waals surface area contributed by atoms with Crippen molar-refractivity contribution in [2.45, 2.75) is 12.8 Å². The number of rotatable bonds is 6. The fourth-order valence-corrected chi connectivity index (χ4v) is 1.18. The highest BCUT2D eigenvalue weighted by atomic mass is 16.4. The van der Waals surface area contributed by atoms with Gasteiger partial charge in [0.25, 0.3) is 0 Å². The molecule has 1 heterocycles. The summed E-state index contributed by atoms with van der Waals surface area (Å²) in [5.74, 6) is -0.766. The third kappa shape index (κ3) is 3.57. The zero-order valence-corrected chi connectivity index (χ0v) is 8.23. The molecule has 0 radical (unpaired) electrons. The number of hydrogen-bond donors (Lipinski definition) is 2. The summed E-state index contributed by atoms with van der Waals surface area (Å²) in [7, 11) is 1.90. The lowest BCUT2D eigenvalue weighted by Crippen LogP contribution is -2.21. The van der Waals surface area contributed by atoms with E-state index >= 15 is 0 Å². The summed E-state index contributed by atoms with van der Waals surface area (Å²) in [6, 6.07) is 1.96. The van der Waals surface area contributed by atoms with E-state index in [4.69, 9.17) is 5.11 Å². The van der Waals surface area contributed by atoms with Crippen LogP contribution in [-0.2, 0) is 18.3 Å². The number of hydrogen-bond acceptors (Lipinski definition) is 3. The zero-order valence-electron chi connectivity index (χ0n) is 8.23. The molecule has 78 valence electrons. The molecule has 0 fully saturated rings. The maximum absolute atomic E-state index is 10.2. The second-order valence-corrected chi connectivity index (χ2v) is 3.09. The van der Waals surface area contributed by atoms with Crippen LogP contribution in [0, 0.1) is 0 Å². The first-order valence-electron chi connectivity index (χ1n) is 4.59. The van der Waals surface area contributed by atoms with Gasteiger partial charge in [0.1, 0.15) is 0 Å². The van der Waals surface area contributed by atoms with Gasteiger partial charge >= 0.3 is 5.97 Å². The van der Waals surface area contributed by atoms with Crippen molar-refractivity contribution in [3.05, 3.63) is 18.0 Å². The lowest BCUT2D eigenvalue weighted by atomic mass is 10.3. The van der Waals surface area contributed by atoms with Crippen molar-refractivity contribution in [2.75, 3.05) is 13.1 Å². The van der Waals surface area contributed by atoms with Crippen LogP contribution in [0.4, 0.5) is 0 Å². The van der Waals surface area contributed by atoms with Gasteiger partial charge in [0, 0.05) is 38.4 Å². The van der Waals surface area contributed by atoms with Crippen LogP contribution in [0.2, 0.25) is 0 Å². The summed E-state index contributed by atoms with van der Waals surface area (Å²) in [6.07, 6.45) is 2.80. The Kier molecular flexibility index (Phi) is 4.12. The van der Waals surface area contributed by atoms with E-state index in [1.54, 1.807) is 6.20 Å². The number of carboxylic acids is 1. The Balaban J connectivity index is 2.10. The average Bonchev–Trinajstić information content (AvgIpc) is 2.51. The number of nitrogens with zero attached hydrogens (tertiary/aromatic N) is 2. The maximum Gasteiger partial charge on any atom is 0.304 e. The molecule has 5 heteroatoms. The van der Waals surface area contributed by atoms with Crippen LogP contribution in [0.15, 0.2) is 12.3 Å². The van der Waals surface area contributed by atoms with Crippen molar-refractivity contribution >= 4 is 5.97 Å². The predicted octanol–water partition coefficient (Wildman–Crippen LogP) is 0.0269. The first-order valence-corrected chi connectivity index (χ1v) is 4.59. The Morgan fingerprint density at radius 2 is 2.43 bits per heavy atom.